The van der Waals surface area contributed by atoms with Crippen LogP contribution >= 0.6 is 11.8 Å². The summed E-state index contributed by atoms with van der Waals surface area (Å²) in [5, 5.41) is 10.1. The maximum absolute atomic E-state index is 12.7. The number of nitriles is 1. The highest BCUT2D eigenvalue weighted by Crippen LogP contribution is 2.40. The molecule has 3 aromatic rings. The Balaban J connectivity index is 1.52. The topological polar surface area (TPSA) is 89.0 Å². The fourth-order valence-corrected chi connectivity index (χ4v) is 3.41. The van der Waals surface area contributed by atoms with Gasteiger partial charge in [-0.2, -0.15) is 5.26 Å². The van der Waals surface area contributed by atoms with Crippen molar-refractivity contribution in [1.82, 2.24) is 9.97 Å². The molecule has 0 amide bonds. The normalized spacial score (nSPS) is 13.1. The summed E-state index contributed by atoms with van der Waals surface area (Å²) in [6, 6.07) is 13.3. The van der Waals surface area contributed by atoms with Crippen LogP contribution in [-0.2, 0) is 11.3 Å². The highest BCUT2D eigenvalue weighted by molar-refractivity contribution is 7.98. The first-order valence-electron chi connectivity index (χ1n) is 8.85. The van der Waals surface area contributed by atoms with E-state index in [-0.39, 0.29) is 17.7 Å². The molecule has 0 N–H and O–H groups in total. The molecule has 0 spiro atoms. The van der Waals surface area contributed by atoms with Crippen LogP contribution in [0.1, 0.15) is 46.1 Å². The van der Waals surface area contributed by atoms with E-state index >= 15 is 0 Å². The van der Waals surface area contributed by atoms with Crippen LogP contribution in [-0.4, -0.2) is 22.2 Å². The van der Waals surface area contributed by atoms with Gasteiger partial charge in [-0.1, -0.05) is 18.2 Å². The molecular formula is C21H17N3O3S. The number of rotatable bonds is 6. The molecule has 0 bridgehead atoms. The molecule has 1 aliphatic carbocycles. The zero-order valence-corrected chi connectivity index (χ0v) is 16.0. The number of carbonyl (C=O) groups is 1. The van der Waals surface area contributed by atoms with Gasteiger partial charge in [-0.15, -0.1) is 11.8 Å². The first-order valence-corrected chi connectivity index (χ1v) is 10.1. The van der Waals surface area contributed by atoms with Crippen molar-refractivity contribution >= 4 is 17.7 Å². The summed E-state index contributed by atoms with van der Waals surface area (Å²) in [5.41, 5.74) is 2.72. The van der Waals surface area contributed by atoms with Crippen LogP contribution < -0.4 is 0 Å². The van der Waals surface area contributed by atoms with E-state index in [4.69, 9.17) is 9.15 Å². The number of aromatic nitrogens is 2. The van der Waals surface area contributed by atoms with Crippen molar-refractivity contribution in [3.63, 3.8) is 0 Å². The van der Waals surface area contributed by atoms with Gasteiger partial charge in [0.05, 0.1) is 11.1 Å². The van der Waals surface area contributed by atoms with Gasteiger partial charge in [0.2, 0.25) is 5.89 Å². The zero-order valence-electron chi connectivity index (χ0n) is 15.2. The van der Waals surface area contributed by atoms with Crippen LogP contribution in [0.2, 0.25) is 0 Å². The van der Waals surface area contributed by atoms with Gasteiger partial charge < -0.3 is 9.15 Å². The van der Waals surface area contributed by atoms with Gasteiger partial charge >= 0.3 is 5.97 Å². The molecular weight excluding hydrogens is 374 g/mol. The van der Waals surface area contributed by atoms with Crippen molar-refractivity contribution in [1.29, 1.82) is 5.26 Å². The zero-order chi connectivity index (χ0) is 19.5. The van der Waals surface area contributed by atoms with E-state index in [9.17, 15) is 10.1 Å². The van der Waals surface area contributed by atoms with Gasteiger partial charge in [-0.05, 0) is 37.3 Å². The molecule has 4 rings (SSSR count). The third-order valence-electron chi connectivity index (χ3n) is 4.45. The van der Waals surface area contributed by atoms with E-state index in [1.54, 1.807) is 6.07 Å². The summed E-state index contributed by atoms with van der Waals surface area (Å²) in [6.45, 7) is -0.0320. The van der Waals surface area contributed by atoms with Crippen LogP contribution in [0.5, 0.6) is 0 Å². The van der Waals surface area contributed by atoms with Crippen molar-refractivity contribution < 1.29 is 13.9 Å². The fourth-order valence-electron chi connectivity index (χ4n) is 2.85. The predicted molar refractivity (Wildman–Crippen MR) is 104 cm³/mol. The summed E-state index contributed by atoms with van der Waals surface area (Å²) in [5.74, 6) is 0.281. The maximum atomic E-state index is 12.7. The van der Waals surface area contributed by atoms with Crippen molar-refractivity contribution in [3.8, 4) is 17.5 Å². The Morgan fingerprint density at radius 3 is 2.79 bits per heavy atom. The maximum Gasteiger partial charge on any atom is 0.340 e. The standard InChI is InChI=1S/C21H17N3O3S/c1-28-20-17(10-22)16(9-18(24-20)13-7-8-13)21(25)27-12-15-11-26-19(23-15)14-5-3-2-4-6-14/h2-6,9,11,13H,7-8,12H2,1H3. The third kappa shape index (κ3) is 3.78. The Morgan fingerprint density at radius 1 is 1.32 bits per heavy atom. The molecule has 1 aromatic carbocycles. The SMILES string of the molecule is CSc1nc(C2CC2)cc(C(=O)OCc2coc(-c3ccccc3)n2)c1C#N. The first-order chi connectivity index (χ1) is 13.7. The number of nitrogens with zero attached hydrogens (tertiary/aromatic N) is 3. The molecule has 1 aliphatic rings. The predicted octanol–water partition coefficient (Wildman–Crippen LogP) is 4.56. The number of esters is 1. The monoisotopic (exact) mass is 391 g/mol. The van der Waals surface area contributed by atoms with Crippen LogP contribution in [0.15, 0.2) is 52.1 Å². The Kier molecular flexibility index (Phi) is 5.13. The number of pyridine rings is 1. The van der Waals surface area contributed by atoms with Gasteiger partial charge in [0.25, 0.3) is 0 Å². The van der Waals surface area contributed by atoms with E-state index < -0.39 is 5.97 Å². The van der Waals surface area contributed by atoms with Crippen molar-refractivity contribution in [2.24, 2.45) is 0 Å². The number of benzene rings is 1. The molecule has 0 aliphatic heterocycles. The molecule has 2 aromatic heterocycles. The Labute approximate surface area is 166 Å². The van der Waals surface area contributed by atoms with E-state index in [0.29, 0.717) is 22.5 Å². The third-order valence-corrected chi connectivity index (χ3v) is 5.13. The molecule has 2 heterocycles. The van der Waals surface area contributed by atoms with Gasteiger partial charge in [-0.3, -0.25) is 0 Å². The summed E-state index contributed by atoms with van der Waals surface area (Å²) in [6.07, 6.45) is 5.43. The van der Waals surface area contributed by atoms with Crippen molar-refractivity contribution in [2.45, 2.75) is 30.4 Å². The Hall–Kier alpha value is -3.11. The largest absolute Gasteiger partial charge is 0.455 e. The van der Waals surface area contributed by atoms with Gasteiger partial charge in [0, 0.05) is 17.2 Å². The quantitative estimate of drug-likeness (QED) is 0.449. The van der Waals surface area contributed by atoms with Crippen LogP contribution in [0.4, 0.5) is 0 Å². The van der Waals surface area contributed by atoms with Crippen LogP contribution in [0.25, 0.3) is 11.5 Å². The minimum absolute atomic E-state index is 0.0320. The summed E-state index contributed by atoms with van der Waals surface area (Å²) >= 11 is 1.36. The molecule has 7 heteroatoms. The lowest BCUT2D eigenvalue weighted by Crippen LogP contribution is -2.10. The lowest BCUT2D eigenvalue weighted by molar-refractivity contribution is 0.0466. The number of ether oxygens (including phenoxy) is 1. The molecule has 0 atom stereocenters. The lowest BCUT2D eigenvalue weighted by Gasteiger charge is -2.10. The number of thioether (sulfide) groups is 1. The van der Waals surface area contributed by atoms with Crippen LogP contribution in [0.3, 0.4) is 0 Å². The van der Waals surface area contributed by atoms with E-state index in [1.165, 1.54) is 18.0 Å². The number of hydrogen-bond donors (Lipinski definition) is 0. The molecule has 0 unspecified atom stereocenters. The smallest absolute Gasteiger partial charge is 0.340 e. The molecule has 0 radical (unpaired) electrons. The highest BCUT2D eigenvalue weighted by atomic mass is 32.2. The summed E-state index contributed by atoms with van der Waals surface area (Å²) < 4.78 is 10.9. The average Bonchev–Trinajstić information content (AvgIpc) is 3.49. The van der Waals surface area contributed by atoms with Crippen molar-refractivity contribution in [3.05, 3.63) is 65.2 Å². The minimum Gasteiger partial charge on any atom is -0.455 e. The summed E-state index contributed by atoms with van der Waals surface area (Å²) in [7, 11) is 0. The van der Waals surface area contributed by atoms with Gasteiger partial charge in [0.15, 0.2) is 0 Å². The van der Waals surface area contributed by atoms with Gasteiger partial charge in [0.1, 0.15) is 29.7 Å². The van der Waals surface area contributed by atoms with E-state index in [2.05, 4.69) is 16.0 Å². The average molecular weight is 391 g/mol. The molecule has 1 fully saturated rings. The summed E-state index contributed by atoms with van der Waals surface area (Å²) in [4.78, 5) is 21.5. The van der Waals surface area contributed by atoms with Gasteiger partial charge in [-0.25, -0.2) is 14.8 Å². The number of hydrogen-bond acceptors (Lipinski definition) is 7. The van der Waals surface area contributed by atoms with Crippen molar-refractivity contribution in [2.75, 3.05) is 6.26 Å². The van der Waals surface area contributed by atoms with Crippen LogP contribution in [0, 0.1) is 11.3 Å². The first kappa shape index (κ1) is 18.3. The number of carbonyl (C=O) groups excluding carboxylic acids is 1. The number of oxazole rings is 1. The second-order valence-electron chi connectivity index (χ2n) is 6.45. The molecule has 6 nitrogen and oxygen atoms in total. The van der Waals surface area contributed by atoms with E-state index in [1.807, 2.05) is 36.6 Å². The van der Waals surface area contributed by atoms with E-state index in [0.717, 1.165) is 24.1 Å². The highest BCUT2D eigenvalue weighted by Gasteiger charge is 2.29. The molecule has 28 heavy (non-hydrogen) atoms. The molecule has 140 valence electrons. The fraction of sp³-hybridized carbons (Fsp3) is 0.238. The molecule has 0 saturated heterocycles. The molecule has 1 saturated carbocycles. The second-order valence-corrected chi connectivity index (χ2v) is 7.25. The Morgan fingerprint density at radius 2 is 2.11 bits per heavy atom. The Bertz CT molecular complexity index is 1050. The minimum atomic E-state index is -0.555. The lowest BCUT2D eigenvalue weighted by atomic mass is 10.1. The second kappa shape index (κ2) is 7.87.